The van der Waals surface area contributed by atoms with E-state index in [2.05, 4.69) is 5.32 Å². The number of hydrogen-bond acceptors (Lipinski definition) is 5. The van der Waals surface area contributed by atoms with Crippen LogP contribution in [0, 0.1) is 5.41 Å². The zero-order chi connectivity index (χ0) is 21.3. The second-order valence-corrected chi connectivity index (χ2v) is 6.69. The summed E-state index contributed by atoms with van der Waals surface area (Å²) in [5.74, 6) is 0.287. The van der Waals surface area contributed by atoms with Gasteiger partial charge in [-0.25, -0.2) is 0 Å². The van der Waals surface area contributed by atoms with E-state index in [1.807, 2.05) is 36.2 Å². The van der Waals surface area contributed by atoms with Gasteiger partial charge in [-0.05, 0) is 53.0 Å². The molecule has 30 heavy (non-hydrogen) atoms. The van der Waals surface area contributed by atoms with Crippen molar-refractivity contribution in [3.63, 3.8) is 0 Å². The summed E-state index contributed by atoms with van der Waals surface area (Å²) in [7, 11) is 1.51. The summed E-state index contributed by atoms with van der Waals surface area (Å²) in [4.78, 5) is 39.5. The number of Topliss-reactive ketones (excluding diaryl/α,β-unsaturated/α-hetero) is 1. The van der Waals surface area contributed by atoms with Crippen LogP contribution in [-0.2, 0) is 14.4 Å². The zero-order valence-electron chi connectivity index (χ0n) is 16.0. The number of methoxy groups -OCH3 is 1. The first kappa shape index (κ1) is 19.1. The lowest BCUT2D eigenvalue weighted by atomic mass is 10.1. The first-order valence-corrected chi connectivity index (χ1v) is 9.14. The van der Waals surface area contributed by atoms with Gasteiger partial charge in [-0.1, -0.05) is 30.3 Å². The van der Waals surface area contributed by atoms with E-state index in [9.17, 15) is 14.4 Å². The van der Waals surface area contributed by atoms with E-state index < -0.39 is 29.2 Å². The molecule has 3 aromatic carbocycles. The fraction of sp³-hybridized carbons (Fsp3) is 0.0870. The molecular formula is C23H17N3O4. The highest BCUT2D eigenvalue weighted by Gasteiger charge is 2.48. The Kier molecular flexibility index (Phi) is 4.88. The molecule has 0 spiro atoms. The topological polar surface area (TPSA) is 99.6 Å². The van der Waals surface area contributed by atoms with Gasteiger partial charge in [0, 0.05) is 11.4 Å². The number of ketones is 1. The molecule has 0 bridgehead atoms. The molecule has 0 saturated carbocycles. The number of nitrogens with one attached hydrogen (secondary N) is 2. The maximum Gasteiger partial charge on any atom is 0.272 e. The third-order valence-electron chi connectivity index (χ3n) is 4.93. The van der Waals surface area contributed by atoms with Crippen molar-refractivity contribution in [1.82, 2.24) is 0 Å². The molecule has 1 aliphatic rings. The number of fused-ring (bicyclic) bond motifs is 1. The van der Waals surface area contributed by atoms with Gasteiger partial charge in [-0.2, -0.15) is 0 Å². The number of amides is 2. The summed E-state index contributed by atoms with van der Waals surface area (Å²) in [5.41, 5.74) is 0.392. The van der Waals surface area contributed by atoms with Gasteiger partial charge in [-0.3, -0.25) is 24.7 Å². The molecule has 148 valence electrons. The standard InChI is InChI=1S/C23H17N3O4/c1-30-18-10-8-17(9-11-18)26-20(21(27)19(13-24)23(26)29)22(28)25-16-7-6-14-4-2-3-5-15(14)12-16/h2-12,20,24H,1H3,(H,25,28). The SMILES string of the molecule is COc1ccc(N2C(=O)C(=C=N)C(=O)C2C(=O)Nc2ccc3ccccc3c2)cc1. The van der Waals surface area contributed by atoms with Crippen LogP contribution < -0.4 is 15.0 Å². The Morgan fingerprint density at radius 3 is 2.40 bits per heavy atom. The van der Waals surface area contributed by atoms with E-state index in [4.69, 9.17) is 10.1 Å². The summed E-state index contributed by atoms with van der Waals surface area (Å²) >= 11 is 0. The quantitative estimate of drug-likeness (QED) is 0.305. The van der Waals surface area contributed by atoms with Crippen molar-refractivity contribution < 1.29 is 19.1 Å². The Bertz CT molecular complexity index is 1230. The summed E-state index contributed by atoms with van der Waals surface area (Å²) < 4.78 is 5.11. The van der Waals surface area contributed by atoms with E-state index >= 15 is 0 Å². The highest BCUT2D eigenvalue weighted by molar-refractivity contribution is 6.42. The minimum absolute atomic E-state index is 0.345. The van der Waals surface area contributed by atoms with Gasteiger partial charge in [0.25, 0.3) is 11.8 Å². The number of carbonyl (C=O) groups excluding carboxylic acids is 3. The summed E-state index contributed by atoms with van der Waals surface area (Å²) in [6.45, 7) is 0. The zero-order valence-corrected chi connectivity index (χ0v) is 16.0. The number of hydrogen-bond donors (Lipinski definition) is 2. The van der Waals surface area contributed by atoms with E-state index in [0.717, 1.165) is 15.7 Å². The molecule has 7 heteroatoms. The number of benzene rings is 3. The molecule has 4 rings (SSSR count). The molecule has 1 unspecified atom stereocenters. The Labute approximate surface area is 172 Å². The number of nitrogens with zero attached hydrogens (tertiary/aromatic N) is 1. The van der Waals surface area contributed by atoms with Gasteiger partial charge in [0.05, 0.1) is 7.11 Å². The monoisotopic (exact) mass is 399 g/mol. The fourth-order valence-electron chi connectivity index (χ4n) is 3.44. The molecule has 7 nitrogen and oxygen atoms in total. The van der Waals surface area contributed by atoms with Crippen LogP contribution in [0.2, 0.25) is 0 Å². The highest BCUT2D eigenvalue weighted by Crippen LogP contribution is 2.29. The van der Waals surface area contributed by atoms with Crippen molar-refractivity contribution >= 4 is 45.6 Å². The Morgan fingerprint density at radius 2 is 1.73 bits per heavy atom. The number of rotatable bonds is 4. The van der Waals surface area contributed by atoms with Gasteiger partial charge in [-0.15, -0.1) is 0 Å². The Morgan fingerprint density at radius 1 is 1.03 bits per heavy atom. The molecule has 1 saturated heterocycles. The molecule has 1 fully saturated rings. The maximum absolute atomic E-state index is 13.0. The molecule has 3 aromatic rings. The van der Waals surface area contributed by atoms with Gasteiger partial charge >= 0.3 is 0 Å². The van der Waals surface area contributed by atoms with Crippen LogP contribution in [-0.4, -0.2) is 36.6 Å². The van der Waals surface area contributed by atoms with Crippen LogP contribution in [0.25, 0.3) is 10.8 Å². The molecule has 0 radical (unpaired) electrons. The lowest BCUT2D eigenvalue weighted by molar-refractivity contribution is -0.124. The Hall–Kier alpha value is -4.22. The van der Waals surface area contributed by atoms with Crippen molar-refractivity contribution in [2.75, 3.05) is 17.3 Å². The lowest BCUT2D eigenvalue weighted by Gasteiger charge is -2.22. The second-order valence-electron chi connectivity index (χ2n) is 6.69. The largest absolute Gasteiger partial charge is 0.497 e. The third kappa shape index (κ3) is 3.23. The van der Waals surface area contributed by atoms with Crippen molar-refractivity contribution in [2.45, 2.75) is 6.04 Å². The smallest absolute Gasteiger partial charge is 0.272 e. The maximum atomic E-state index is 13.0. The fourth-order valence-corrected chi connectivity index (χ4v) is 3.44. The van der Waals surface area contributed by atoms with Crippen LogP contribution in [0.15, 0.2) is 72.3 Å². The summed E-state index contributed by atoms with van der Waals surface area (Å²) in [6.07, 6.45) is 0. The van der Waals surface area contributed by atoms with E-state index in [1.165, 1.54) is 7.11 Å². The molecule has 1 heterocycles. The van der Waals surface area contributed by atoms with Crippen molar-refractivity contribution in [2.24, 2.45) is 0 Å². The van der Waals surface area contributed by atoms with Crippen LogP contribution >= 0.6 is 0 Å². The first-order valence-electron chi connectivity index (χ1n) is 9.14. The van der Waals surface area contributed by atoms with Gasteiger partial charge < -0.3 is 10.1 Å². The molecule has 0 aromatic heterocycles. The summed E-state index contributed by atoms with van der Waals surface area (Å²) in [5, 5.41) is 12.0. The van der Waals surface area contributed by atoms with E-state index in [0.29, 0.717) is 17.1 Å². The van der Waals surface area contributed by atoms with Crippen LogP contribution in [0.5, 0.6) is 5.75 Å². The first-order chi connectivity index (χ1) is 14.5. The van der Waals surface area contributed by atoms with E-state index in [1.54, 1.807) is 36.4 Å². The molecule has 1 aliphatic heterocycles. The van der Waals surface area contributed by atoms with Crippen LogP contribution in [0.4, 0.5) is 11.4 Å². The molecule has 1 atom stereocenters. The number of ether oxygens (including phenoxy) is 1. The van der Waals surface area contributed by atoms with Gasteiger partial charge in [0.2, 0.25) is 5.78 Å². The Balaban J connectivity index is 1.68. The van der Waals surface area contributed by atoms with Crippen molar-refractivity contribution in [3.8, 4) is 5.75 Å². The number of anilines is 2. The lowest BCUT2D eigenvalue weighted by Crippen LogP contribution is -2.44. The molecule has 2 N–H and O–H groups in total. The van der Waals surface area contributed by atoms with E-state index in [-0.39, 0.29) is 0 Å². The predicted molar refractivity (Wildman–Crippen MR) is 113 cm³/mol. The number of carbonyl (C=O) groups is 3. The predicted octanol–water partition coefficient (Wildman–Crippen LogP) is 2.95. The minimum Gasteiger partial charge on any atom is -0.497 e. The second kappa shape index (κ2) is 7.66. The van der Waals surface area contributed by atoms with Crippen molar-refractivity contribution in [1.29, 1.82) is 5.41 Å². The van der Waals surface area contributed by atoms with Gasteiger partial charge in [0.15, 0.2) is 6.04 Å². The third-order valence-corrected chi connectivity index (χ3v) is 4.93. The van der Waals surface area contributed by atoms with Crippen LogP contribution in [0.3, 0.4) is 0 Å². The van der Waals surface area contributed by atoms with Gasteiger partial charge in [0.1, 0.15) is 11.3 Å². The molecular weight excluding hydrogens is 382 g/mol. The van der Waals surface area contributed by atoms with Crippen LogP contribution in [0.1, 0.15) is 0 Å². The molecule has 2 amide bonds. The normalized spacial score (nSPS) is 16.0. The van der Waals surface area contributed by atoms with Crippen molar-refractivity contribution in [3.05, 3.63) is 72.3 Å². The summed E-state index contributed by atoms with van der Waals surface area (Å²) in [6, 6.07) is 18.0. The average Bonchev–Trinajstić information content (AvgIpc) is 3.03. The highest BCUT2D eigenvalue weighted by atomic mass is 16.5. The average molecular weight is 399 g/mol. The minimum atomic E-state index is -1.43. The molecule has 0 aliphatic carbocycles.